The van der Waals surface area contributed by atoms with Gasteiger partial charge in [0.25, 0.3) is 0 Å². The molecule has 1 aliphatic rings. The second kappa shape index (κ2) is 4.82. The van der Waals surface area contributed by atoms with Crippen LogP contribution in [0.3, 0.4) is 0 Å². The van der Waals surface area contributed by atoms with E-state index in [9.17, 15) is 9.90 Å². The summed E-state index contributed by atoms with van der Waals surface area (Å²) >= 11 is 0. The number of aliphatic hydroxyl groups excluding tert-OH is 1. The van der Waals surface area contributed by atoms with Crippen molar-refractivity contribution in [3.05, 3.63) is 0 Å². The third-order valence-electron chi connectivity index (χ3n) is 3.27. The number of likely N-dealkylation sites (tertiary alicyclic amines) is 1. The fourth-order valence-corrected chi connectivity index (χ4v) is 1.92. The van der Waals surface area contributed by atoms with Crippen molar-refractivity contribution in [1.29, 1.82) is 0 Å². The molecule has 1 rings (SSSR count). The van der Waals surface area contributed by atoms with Crippen molar-refractivity contribution in [3.63, 3.8) is 0 Å². The summed E-state index contributed by atoms with van der Waals surface area (Å²) in [6.45, 7) is 8.52. The number of carbonyl (C=O) groups excluding carboxylic acids is 1. The Kier molecular flexibility index (Phi) is 4.04. The molecule has 2 atom stereocenters. The molecule has 0 spiro atoms. The first kappa shape index (κ1) is 14.3. The Balaban J connectivity index is 2.58. The zero-order valence-corrected chi connectivity index (χ0v) is 11.2. The van der Waals surface area contributed by atoms with Crippen LogP contribution in [0.1, 0.15) is 34.1 Å². The first-order valence-corrected chi connectivity index (χ1v) is 6.05. The highest BCUT2D eigenvalue weighted by atomic mass is 16.6. The predicted molar refractivity (Wildman–Crippen MR) is 65.6 cm³/mol. The quantitative estimate of drug-likeness (QED) is 0.720. The zero-order valence-electron chi connectivity index (χ0n) is 11.2. The van der Waals surface area contributed by atoms with Gasteiger partial charge in [0.1, 0.15) is 5.60 Å². The number of nitrogens with two attached hydrogens (primary N) is 1. The molecule has 0 bridgehead atoms. The molecule has 1 fully saturated rings. The molecule has 1 heterocycles. The lowest BCUT2D eigenvalue weighted by atomic mass is 9.80. The smallest absolute Gasteiger partial charge is 0.410 e. The maximum Gasteiger partial charge on any atom is 0.410 e. The number of carbonyl (C=O) groups is 1. The van der Waals surface area contributed by atoms with Crippen LogP contribution < -0.4 is 5.73 Å². The van der Waals surface area contributed by atoms with Crippen LogP contribution in [0.2, 0.25) is 0 Å². The fourth-order valence-electron chi connectivity index (χ4n) is 1.92. The number of amides is 1. The second-order valence-electron chi connectivity index (χ2n) is 5.97. The molecule has 2 unspecified atom stereocenters. The minimum absolute atomic E-state index is 0.0453. The van der Waals surface area contributed by atoms with Crippen LogP contribution in [0.25, 0.3) is 0 Å². The van der Waals surface area contributed by atoms with E-state index in [4.69, 9.17) is 10.5 Å². The van der Waals surface area contributed by atoms with Crippen LogP contribution in [0.5, 0.6) is 0 Å². The number of nitrogens with zero attached hydrogens (tertiary/aromatic N) is 1. The third kappa shape index (κ3) is 3.57. The Morgan fingerprint density at radius 2 is 2.18 bits per heavy atom. The van der Waals surface area contributed by atoms with Crippen molar-refractivity contribution in [2.24, 2.45) is 11.7 Å². The maximum atomic E-state index is 11.9. The van der Waals surface area contributed by atoms with E-state index in [0.29, 0.717) is 19.5 Å². The zero-order chi connectivity index (χ0) is 13.3. The van der Waals surface area contributed by atoms with E-state index in [-0.39, 0.29) is 18.6 Å². The van der Waals surface area contributed by atoms with Gasteiger partial charge in [-0.05, 0) is 33.1 Å². The van der Waals surface area contributed by atoms with Gasteiger partial charge < -0.3 is 20.5 Å². The minimum atomic E-state index is -0.571. The van der Waals surface area contributed by atoms with Crippen molar-refractivity contribution in [3.8, 4) is 0 Å². The molecule has 0 aliphatic carbocycles. The first-order chi connectivity index (χ1) is 7.68. The number of piperidine rings is 1. The van der Waals surface area contributed by atoms with Gasteiger partial charge in [-0.2, -0.15) is 0 Å². The Morgan fingerprint density at radius 3 is 2.59 bits per heavy atom. The maximum absolute atomic E-state index is 11.9. The average Bonchev–Trinajstić information content (AvgIpc) is 2.19. The highest BCUT2D eigenvalue weighted by molar-refractivity contribution is 5.68. The lowest BCUT2D eigenvalue weighted by molar-refractivity contribution is 0.00167. The van der Waals surface area contributed by atoms with E-state index >= 15 is 0 Å². The summed E-state index contributed by atoms with van der Waals surface area (Å²) in [5.41, 5.74) is 5.01. The van der Waals surface area contributed by atoms with Crippen LogP contribution in [0, 0.1) is 5.92 Å². The molecule has 1 saturated heterocycles. The monoisotopic (exact) mass is 244 g/mol. The van der Waals surface area contributed by atoms with Crippen molar-refractivity contribution in [2.75, 3.05) is 19.7 Å². The van der Waals surface area contributed by atoms with Crippen LogP contribution in [-0.4, -0.2) is 46.9 Å². The van der Waals surface area contributed by atoms with Gasteiger partial charge in [-0.3, -0.25) is 0 Å². The predicted octanol–water partition coefficient (Wildman–Crippen LogP) is 0.953. The highest BCUT2D eigenvalue weighted by Crippen LogP contribution is 2.26. The van der Waals surface area contributed by atoms with E-state index < -0.39 is 11.1 Å². The molecule has 1 aliphatic heterocycles. The van der Waals surface area contributed by atoms with Gasteiger partial charge in [0.05, 0.1) is 6.61 Å². The van der Waals surface area contributed by atoms with Crippen molar-refractivity contribution < 1.29 is 14.6 Å². The van der Waals surface area contributed by atoms with Crippen molar-refractivity contribution in [2.45, 2.75) is 45.3 Å². The van der Waals surface area contributed by atoms with Gasteiger partial charge in [-0.25, -0.2) is 4.79 Å². The molecule has 5 nitrogen and oxygen atoms in total. The largest absolute Gasteiger partial charge is 0.444 e. The number of ether oxygens (including phenoxy) is 1. The molecule has 0 aromatic carbocycles. The lowest BCUT2D eigenvalue weighted by Crippen LogP contribution is -2.59. The van der Waals surface area contributed by atoms with E-state index in [1.165, 1.54) is 0 Å². The molecular formula is C12H24N2O3. The molecule has 0 aromatic rings. The van der Waals surface area contributed by atoms with Gasteiger partial charge in [-0.1, -0.05) is 6.92 Å². The topological polar surface area (TPSA) is 75.8 Å². The van der Waals surface area contributed by atoms with Crippen molar-refractivity contribution in [1.82, 2.24) is 4.90 Å². The fraction of sp³-hybridized carbons (Fsp3) is 0.917. The minimum Gasteiger partial charge on any atom is -0.444 e. The van der Waals surface area contributed by atoms with Gasteiger partial charge in [-0.15, -0.1) is 0 Å². The lowest BCUT2D eigenvalue weighted by Gasteiger charge is -2.43. The summed E-state index contributed by atoms with van der Waals surface area (Å²) in [5, 5.41) is 9.27. The number of hydrogen-bond donors (Lipinski definition) is 2. The van der Waals surface area contributed by atoms with E-state index in [1.807, 2.05) is 27.7 Å². The first-order valence-electron chi connectivity index (χ1n) is 6.05. The third-order valence-corrected chi connectivity index (χ3v) is 3.27. The number of hydrogen-bond acceptors (Lipinski definition) is 4. The summed E-state index contributed by atoms with van der Waals surface area (Å²) in [7, 11) is 0. The second-order valence-corrected chi connectivity index (χ2v) is 5.97. The molecule has 3 N–H and O–H groups in total. The molecule has 0 saturated carbocycles. The molecule has 1 amide bonds. The average molecular weight is 244 g/mol. The summed E-state index contributed by atoms with van der Waals surface area (Å²) < 4.78 is 5.31. The van der Waals surface area contributed by atoms with E-state index in [0.717, 1.165) is 0 Å². The molecule has 0 radical (unpaired) electrons. The summed E-state index contributed by atoms with van der Waals surface area (Å²) in [6, 6.07) is 0. The Morgan fingerprint density at radius 1 is 1.59 bits per heavy atom. The Bertz CT molecular complexity index is 288. The Labute approximate surface area is 103 Å². The Hall–Kier alpha value is -0.810. The van der Waals surface area contributed by atoms with Gasteiger partial charge in [0.15, 0.2) is 0 Å². The van der Waals surface area contributed by atoms with Crippen LogP contribution in [-0.2, 0) is 4.74 Å². The number of aliphatic hydroxyl groups is 1. The van der Waals surface area contributed by atoms with Crippen molar-refractivity contribution >= 4 is 6.09 Å². The van der Waals surface area contributed by atoms with Crippen LogP contribution >= 0.6 is 0 Å². The standard InChI is InChI=1S/C12H24N2O3/c1-9-7-14(6-5-12(9,13)8-15)10(16)17-11(2,3)4/h9,15H,5-8,13H2,1-4H3. The van der Waals surface area contributed by atoms with Crippen LogP contribution in [0.15, 0.2) is 0 Å². The van der Waals surface area contributed by atoms with E-state index in [2.05, 4.69) is 0 Å². The van der Waals surface area contributed by atoms with Crippen LogP contribution in [0.4, 0.5) is 4.79 Å². The highest BCUT2D eigenvalue weighted by Gasteiger charge is 2.39. The van der Waals surface area contributed by atoms with Gasteiger partial charge in [0.2, 0.25) is 0 Å². The molecular weight excluding hydrogens is 220 g/mol. The number of rotatable bonds is 1. The van der Waals surface area contributed by atoms with Gasteiger partial charge >= 0.3 is 6.09 Å². The molecule has 0 aromatic heterocycles. The molecule has 17 heavy (non-hydrogen) atoms. The normalized spacial score (nSPS) is 30.2. The molecule has 100 valence electrons. The summed E-state index contributed by atoms with van der Waals surface area (Å²) in [4.78, 5) is 13.5. The van der Waals surface area contributed by atoms with E-state index in [1.54, 1.807) is 4.90 Å². The summed E-state index contributed by atoms with van der Waals surface area (Å²) in [5.74, 6) is 0.0637. The molecule has 5 heteroatoms. The summed E-state index contributed by atoms with van der Waals surface area (Å²) in [6.07, 6.45) is 0.300. The van der Waals surface area contributed by atoms with Gasteiger partial charge in [0, 0.05) is 18.6 Å². The SMILES string of the molecule is CC1CN(C(=O)OC(C)(C)C)CCC1(N)CO.